The van der Waals surface area contributed by atoms with E-state index in [0.29, 0.717) is 34.5 Å². The van der Waals surface area contributed by atoms with Gasteiger partial charge in [-0.3, -0.25) is 0 Å². The van der Waals surface area contributed by atoms with Gasteiger partial charge in [0.15, 0.2) is 0 Å². The average molecular weight is 695 g/mol. The predicted octanol–water partition coefficient (Wildman–Crippen LogP) is 8.27. The number of para-hydroxylation sites is 1. The summed E-state index contributed by atoms with van der Waals surface area (Å²) in [6.07, 6.45) is 19.3. The smallest absolute Gasteiger partial charge is 0.120 e. The number of unbranched alkanes of at least 4 members (excludes halogenated alkanes) is 1. The first-order valence-electron chi connectivity index (χ1n) is 21.4. The summed E-state index contributed by atoms with van der Waals surface area (Å²) in [5.74, 6) is 5.56. The van der Waals surface area contributed by atoms with Crippen LogP contribution in [-0.2, 0) is 6.54 Å². The van der Waals surface area contributed by atoms with Gasteiger partial charge in [-0.05, 0) is 175 Å². The number of aliphatic hydroxyl groups is 1. The van der Waals surface area contributed by atoms with Crippen molar-refractivity contribution in [3.05, 3.63) is 29.8 Å². The highest BCUT2D eigenvalue weighted by Crippen LogP contribution is 2.68. The fourth-order valence-electron chi connectivity index (χ4n) is 11.9. The number of fused-ring (bicyclic) bond motifs is 5. The minimum Gasteiger partial charge on any atom is -0.508 e. The molecule has 0 amide bonds. The molecule has 6 heteroatoms. The van der Waals surface area contributed by atoms with E-state index in [0.717, 1.165) is 93.8 Å². The number of aliphatic hydroxyl groups excluding tert-OH is 1. The summed E-state index contributed by atoms with van der Waals surface area (Å²) in [5.41, 5.74) is 1.83. The summed E-state index contributed by atoms with van der Waals surface area (Å²) in [6, 6.07) is 8.17. The van der Waals surface area contributed by atoms with Crippen LogP contribution >= 0.6 is 0 Å². The van der Waals surface area contributed by atoms with Crippen LogP contribution in [0, 0.1) is 52.3 Å². The molecule has 4 aliphatic carbocycles. The van der Waals surface area contributed by atoms with Crippen LogP contribution in [0.5, 0.6) is 5.75 Å². The number of phenols is 1. The molecule has 0 aliphatic heterocycles. The first-order valence-corrected chi connectivity index (χ1v) is 21.4. The maximum atomic E-state index is 11.8. The maximum absolute atomic E-state index is 11.8. The Labute approximate surface area is 307 Å². The quantitative estimate of drug-likeness (QED) is 0.0727. The van der Waals surface area contributed by atoms with Crippen molar-refractivity contribution in [3.8, 4) is 5.75 Å². The van der Waals surface area contributed by atoms with Crippen LogP contribution in [0.1, 0.15) is 136 Å². The molecule has 4 fully saturated rings. The number of benzene rings is 1. The molecule has 0 radical (unpaired) electrons. The molecule has 5 unspecified atom stereocenters. The number of hydrogen-bond donors (Lipinski definition) is 6. The molecule has 4 saturated carbocycles. The lowest BCUT2D eigenvalue weighted by molar-refractivity contribution is -0.167. The van der Waals surface area contributed by atoms with Crippen LogP contribution in [-0.4, -0.2) is 61.6 Å². The Morgan fingerprint density at radius 1 is 0.720 bits per heavy atom. The molecule has 0 spiro atoms. The molecular weight excluding hydrogens is 617 g/mol. The molecule has 6 N–H and O–H groups in total. The second-order valence-corrected chi connectivity index (χ2v) is 18.5. The van der Waals surface area contributed by atoms with E-state index in [-0.39, 0.29) is 6.10 Å². The lowest BCUT2D eigenvalue weighted by Crippen LogP contribution is -2.59. The zero-order valence-electron chi connectivity index (χ0n) is 33.0. The van der Waals surface area contributed by atoms with E-state index in [1.807, 2.05) is 18.2 Å². The Hall–Kier alpha value is -1.18. The van der Waals surface area contributed by atoms with Crippen molar-refractivity contribution in [3.63, 3.8) is 0 Å². The normalized spacial score (nSPS) is 34.3. The molecule has 0 saturated heterocycles. The van der Waals surface area contributed by atoms with Crippen molar-refractivity contribution in [2.75, 3.05) is 39.3 Å². The zero-order chi connectivity index (χ0) is 35.6. The maximum Gasteiger partial charge on any atom is 0.120 e. The second-order valence-electron chi connectivity index (χ2n) is 18.5. The largest absolute Gasteiger partial charge is 0.508 e. The van der Waals surface area contributed by atoms with E-state index in [2.05, 4.69) is 55.9 Å². The summed E-state index contributed by atoms with van der Waals surface area (Å²) in [5, 5.41) is 36.3. The van der Waals surface area contributed by atoms with Gasteiger partial charge in [0.05, 0.1) is 6.10 Å². The Morgan fingerprint density at radius 2 is 1.38 bits per heavy atom. The van der Waals surface area contributed by atoms with Crippen LogP contribution < -0.4 is 21.3 Å². The van der Waals surface area contributed by atoms with Crippen molar-refractivity contribution in [2.45, 2.75) is 150 Å². The lowest BCUT2D eigenvalue weighted by Gasteiger charge is -2.62. The Bertz CT molecular complexity index is 1130. The van der Waals surface area contributed by atoms with Crippen molar-refractivity contribution in [2.24, 2.45) is 52.3 Å². The molecule has 4 aliphatic rings. The van der Waals surface area contributed by atoms with Crippen molar-refractivity contribution in [1.29, 1.82) is 0 Å². The van der Waals surface area contributed by atoms with E-state index < -0.39 is 0 Å². The number of nitrogens with one attached hydrogen (secondary N) is 4. The van der Waals surface area contributed by atoms with Gasteiger partial charge in [-0.25, -0.2) is 0 Å². The summed E-state index contributed by atoms with van der Waals surface area (Å²) in [4.78, 5) is 0. The van der Waals surface area contributed by atoms with Crippen LogP contribution in [0.2, 0.25) is 0 Å². The van der Waals surface area contributed by atoms with Crippen LogP contribution in [0.15, 0.2) is 24.3 Å². The standard InChI is InChI=1S/C44H78N4O2/c1-32(2)13-10-14-33(3)37-17-18-38-42-39(20-22-44(37,38)5)43(4)21-19-36(29-35(43)30-41(42)50)48-28-12-26-46-24-9-8-23-45-25-11-27-47-31-34-15-6-7-16-40(34)49/h6-7,15-16,32-33,35-39,41-42,45-50H,8-14,17-31H2,1-5H3/t33-,35?,36+,37?,38?,39?,41+,42?,43+,44-/m1/s1. The molecule has 0 bridgehead atoms. The average Bonchev–Trinajstić information content (AvgIpc) is 3.44. The summed E-state index contributed by atoms with van der Waals surface area (Å²) >= 11 is 0. The minimum absolute atomic E-state index is 0.0889. The Balaban J connectivity index is 0.915. The predicted molar refractivity (Wildman–Crippen MR) is 210 cm³/mol. The third kappa shape index (κ3) is 10.1. The molecule has 10 atom stereocenters. The van der Waals surface area contributed by atoms with Crippen LogP contribution in [0.4, 0.5) is 0 Å². The summed E-state index contributed by atoms with van der Waals surface area (Å²) < 4.78 is 0. The first-order chi connectivity index (χ1) is 24.1. The van der Waals surface area contributed by atoms with Crippen molar-refractivity contribution < 1.29 is 10.2 Å². The second kappa shape index (κ2) is 19.2. The topological polar surface area (TPSA) is 88.6 Å². The molecular formula is C44H78N4O2. The third-order valence-electron chi connectivity index (χ3n) is 14.8. The lowest BCUT2D eigenvalue weighted by atomic mass is 9.43. The summed E-state index contributed by atoms with van der Waals surface area (Å²) in [6.45, 7) is 19.7. The molecule has 1 aromatic carbocycles. The van der Waals surface area contributed by atoms with Gasteiger partial charge in [0, 0.05) is 18.2 Å². The highest BCUT2D eigenvalue weighted by atomic mass is 16.3. The van der Waals surface area contributed by atoms with E-state index in [1.165, 1.54) is 83.5 Å². The number of rotatable bonds is 21. The molecule has 0 heterocycles. The van der Waals surface area contributed by atoms with Crippen molar-refractivity contribution >= 4 is 0 Å². The molecule has 6 nitrogen and oxygen atoms in total. The van der Waals surface area contributed by atoms with Gasteiger partial charge < -0.3 is 31.5 Å². The first kappa shape index (κ1) is 40.0. The van der Waals surface area contributed by atoms with Gasteiger partial charge in [-0.15, -0.1) is 0 Å². The summed E-state index contributed by atoms with van der Waals surface area (Å²) in [7, 11) is 0. The Kier molecular flexibility index (Phi) is 15.4. The minimum atomic E-state index is -0.0889. The van der Waals surface area contributed by atoms with Gasteiger partial charge in [0.1, 0.15) is 5.75 Å². The fourth-order valence-corrected chi connectivity index (χ4v) is 11.9. The molecule has 50 heavy (non-hydrogen) atoms. The highest BCUT2D eigenvalue weighted by Gasteiger charge is 2.62. The van der Waals surface area contributed by atoms with Gasteiger partial charge >= 0.3 is 0 Å². The molecule has 1 aromatic rings. The van der Waals surface area contributed by atoms with Gasteiger partial charge in [-0.2, -0.15) is 0 Å². The van der Waals surface area contributed by atoms with E-state index in [9.17, 15) is 10.2 Å². The molecule has 5 rings (SSSR count). The zero-order valence-corrected chi connectivity index (χ0v) is 33.0. The fraction of sp³-hybridized carbons (Fsp3) is 0.864. The van der Waals surface area contributed by atoms with Crippen LogP contribution in [0.3, 0.4) is 0 Å². The number of phenolic OH excluding ortho intramolecular Hbond substituents is 1. The van der Waals surface area contributed by atoms with Crippen LogP contribution in [0.25, 0.3) is 0 Å². The monoisotopic (exact) mass is 695 g/mol. The van der Waals surface area contributed by atoms with Gasteiger partial charge in [0.25, 0.3) is 0 Å². The highest BCUT2D eigenvalue weighted by molar-refractivity contribution is 5.31. The van der Waals surface area contributed by atoms with E-state index in [4.69, 9.17) is 0 Å². The van der Waals surface area contributed by atoms with Gasteiger partial charge in [-0.1, -0.05) is 72.1 Å². The van der Waals surface area contributed by atoms with Gasteiger partial charge in [0.2, 0.25) is 0 Å². The van der Waals surface area contributed by atoms with E-state index in [1.54, 1.807) is 6.07 Å². The SMILES string of the molecule is CC(C)CCC[C@@H](C)C1CCC2C3C(CC[C@@]21C)[C@@]1(C)CC[C@H](NCCCNCCCCNCCCNCc2ccccc2O)CC1C[C@@H]3O. The number of aromatic hydroxyl groups is 1. The van der Waals surface area contributed by atoms with Crippen molar-refractivity contribution in [1.82, 2.24) is 21.3 Å². The molecule has 0 aromatic heterocycles. The van der Waals surface area contributed by atoms with E-state index >= 15 is 0 Å². The molecule has 286 valence electrons. The number of hydrogen-bond acceptors (Lipinski definition) is 6. The Morgan fingerprint density at radius 3 is 2.12 bits per heavy atom. The third-order valence-corrected chi connectivity index (χ3v) is 14.8.